The number of nitrogens with zero attached hydrogens (tertiary/aromatic N) is 1. The lowest BCUT2D eigenvalue weighted by Gasteiger charge is -2.45. The Morgan fingerprint density at radius 1 is 1.32 bits per heavy atom. The second-order valence-corrected chi connectivity index (χ2v) is 7.39. The van der Waals surface area contributed by atoms with Gasteiger partial charge in [-0.2, -0.15) is 0 Å². The van der Waals surface area contributed by atoms with Crippen molar-refractivity contribution in [2.75, 3.05) is 0 Å². The second-order valence-electron chi connectivity index (χ2n) is 6.99. The molecule has 1 amide bonds. The monoisotopic (exact) mass is 387 g/mol. The Labute approximate surface area is 158 Å². The molecule has 25 heavy (non-hydrogen) atoms. The SMILES string of the molecule is Cl.NC1CC2CCCC(C1)C2NC(=O)Cc1ccc([N+](=O)[O-])cc1Cl. The van der Waals surface area contributed by atoms with Gasteiger partial charge in [-0.3, -0.25) is 14.9 Å². The number of halogens is 2. The first-order chi connectivity index (χ1) is 11.4. The maximum atomic E-state index is 12.4. The van der Waals surface area contributed by atoms with Crippen LogP contribution in [0, 0.1) is 22.0 Å². The van der Waals surface area contributed by atoms with Crippen molar-refractivity contribution in [2.45, 2.75) is 50.6 Å². The third-order valence-corrected chi connectivity index (χ3v) is 5.65. The molecule has 3 N–H and O–H groups in total. The van der Waals surface area contributed by atoms with Crippen LogP contribution in [0.5, 0.6) is 0 Å². The van der Waals surface area contributed by atoms with Crippen LogP contribution in [-0.4, -0.2) is 22.9 Å². The predicted molar refractivity (Wildman–Crippen MR) is 99.0 cm³/mol. The van der Waals surface area contributed by atoms with Gasteiger partial charge in [0.25, 0.3) is 5.69 Å². The number of hydrogen-bond acceptors (Lipinski definition) is 4. The number of nitro benzene ring substituents is 1. The first kappa shape index (κ1) is 19.9. The van der Waals surface area contributed by atoms with E-state index >= 15 is 0 Å². The lowest BCUT2D eigenvalue weighted by molar-refractivity contribution is -0.384. The number of nitrogens with two attached hydrogens (primary N) is 1. The quantitative estimate of drug-likeness (QED) is 0.611. The van der Waals surface area contributed by atoms with Crippen molar-refractivity contribution in [3.05, 3.63) is 38.9 Å². The van der Waals surface area contributed by atoms with Gasteiger partial charge in [0.2, 0.25) is 5.91 Å². The zero-order valence-corrected chi connectivity index (χ0v) is 15.4. The molecule has 2 fully saturated rings. The van der Waals surface area contributed by atoms with Gasteiger partial charge in [-0.1, -0.05) is 24.1 Å². The molecule has 0 saturated heterocycles. The average Bonchev–Trinajstić information content (AvgIpc) is 2.50. The average molecular weight is 388 g/mol. The van der Waals surface area contributed by atoms with Crippen molar-refractivity contribution in [1.82, 2.24) is 5.32 Å². The molecule has 2 atom stereocenters. The third kappa shape index (κ3) is 4.63. The number of rotatable bonds is 4. The Balaban J connectivity index is 0.00000225. The molecular formula is C17H23Cl2N3O3. The number of non-ortho nitro benzene ring substituents is 1. The van der Waals surface area contributed by atoms with Crippen molar-refractivity contribution in [2.24, 2.45) is 17.6 Å². The predicted octanol–water partition coefficient (Wildman–Crippen LogP) is 3.23. The normalized spacial score (nSPS) is 27.9. The summed E-state index contributed by atoms with van der Waals surface area (Å²) < 4.78 is 0. The highest BCUT2D eigenvalue weighted by molar-refractivity contribution is 6.31. The molecule has 8 heteroatoms. The van der Waals surface area contributed by atoms with Crippen LogP contribution in [0.3, 0.4) is 0 Å². The van der Waals surface area contributed by atoms with Crippen LogP contribution in [0.15, 0.2) is 18.2 Å². The fraction of sp³-hybridized carbons (Fsp3) is 0.588. The Kier molecular flexibility index (Phi) is 6.65. The number of amides is 1. The zero-order valence-electron chi connectivity index (χ0n) is 13.8. The molecule has 0 aliphatic heterocycles. The van der Waals surface area contributed by atoms with Gasteiger partial charge in [-0.15, -0.1) is 12.4 Å². The number of nitrogens with one attached hydrogen (secondary N) is 1. The highest BCUT2D eigenvalue weighted by Gasteiger charge is 2.39. The number of benzene rings is 1. The first-order valence-corrected chi connectivity index (χ1v) is 8.79. The number of carbonyl (C=O) groups excluding carboxylic acids is 1. The van der Waals surface area contributed by atoms with E-state index in [9.17, 15) is 14.9 Å². The highest BCUT2D eigenvalue weighted by atomic mass is 35.5. The van der Waals surface area contributed by atoms with Gasteiger partial charge in [0.1, 0.15) is 0 Å². The van der Waals surface area contributed by atoms with Gasteiger partial charge in [-0.25, -0.2) is 0 Å². The molecule has 138 valence electrons. The number of hydrogen-bond donors (Lipinski definition) is 2. The fourth-order valence-corrected chi connectivity index (χ4v) is 4.47. The minimum absolute atomic E-state index is 0. The van der Waals surface area contributed by atoms with Crippen LogP contribution in [0.1, 0.15) is 37.7 Å². The van der Waals surface area contributed by atoms with Gasteiger partial charge in [0.05, 0.1) is 16.4 Å². The molecule has 1 aromatic rings. The van der Waals surface area contributed by atoms with Crippen molar-refractivity contribution in [1.29, 1.82) is 0 Å². The molecule has 2 saturated carbocycles. The molecule has 6 nitrogen and oxygen atoms in total. The smallest absolute Gasteiger partial charge is 0.270 e. The molecule has 2 aliphatic rings. The van der Waals surface area contributed by atoms with Crippen LogP contribution in [-0.2, 0) is 11.2 Å². The Morgan fingerprint density at radius 3 is 2.52 bits per heavy atom. The van der Waals surface area contributed by atoms with E-state index in [4.69, 9.17) is 17.3 Å². The van der Waals surface area contributed by atoms with Crippen molar-refractivity contribution in [3.63, 3.8) is 0 Å². The zero-order chi connectivity index (χ0) is 17.3. The summed E-state index contributed by atoms with van der Waals surface area (Å²) in [6, 6.07) is 4.67. The lowest BCUT2D eigenvalue weighted by Crippen LogP contribution is -2.54. The minimum Gasteiger partial charge on any atom is -0.353 e. The molecule has 2 aliphatic carbocycles. The van der Waals surface area contributed by atoms with Crippen LogP contribution in [0.2, 0.25) is 5.02 Å². The Hall–Kier alpha value is -1.37. The maximum Gasteiger partial charge on any atom is 0.270 e. The summed E-state index contributed by atoms with van der Waals surface area (Å²) in [5.74, 6) is 0.843. The maximum absolute atomic E-state index is 12.4. The van der Waals surface area contributed by atoms with Crippen LogP contribution >= 0.6 is 24.0 Å². The molecule has 1 aromatic carbocycles. The van der Waals surface area contributed by atoms with E-state index in [1.807, 2.05) is 0 Å². The summed E-state index contributed by atoms with van der Waals surface area (Å²) in [6.07, 6.45) is 5.53. The fourth-order valence-electron chi connectivity index (χ4n) is 4.23. The highest BCUT2D eigenvalue weighted by Crippen LogP contribution is 2.39. The Bertz CT molecular complexity index is 642. The van der Waals surface area contributed by atoms with Gasteiger partial charge in [0, 0.05) is 24.2 Å². The summed E-state index contributed by atoms with van der Waals surface area (Å²) in [6.45, 7) is 0. The van der Waals surface area contributed by atoms with E-state index in [-0.39, 0.29) is 47.5 Å². The lowest BCUT2D eigenvalue weighted by atomic mass is 9.67. The molecule has 2 bridgehead atoms. The van der Waals surface area contributed by atoms with Crippen molar-refractivity contribution < 1.29 is 9.72 Å². The third-order valence-electron chi connectivity index (χ3n) is 5.30. The van der Waals surface area contributed by atoms with Gasteiger partial charge in [-0.05, 0) is 43.1 Å². The number of fused-ring (bicyclic) bond motifs is 2. The summed E-state index contributed by atoms with van der Waals surface area (Å²) >= 11 is 6.07. The number of carbonyl (C=O) groups is 1. The summed E-state index contributed by atoms with van der Waals surface area (Å²) in [7, 11) is 0. The Morgan fingerprint density at radius 2 is 1.96 bits per heavy atom. The van der Waals surface area contributed by atoms with Gasteiger partial charge < -0.3 is 11.1 Å². The largest absolute Gasteiger partial charge is 0.353 e. The molecule has 0 aromatic heterocycles. The first-order valence-electron chi connectivity index (χ1n) is 8.42. The summed E-state index contributed by atoms with van der Waals surface area (Å²) in [5, 5.41) is 14.2. The van der Waals surface area contributed by atoms with E-state index in [0.717, 1.165) is 25.7 Å². The van der Waals surface area contributed by atoms with Crippen molar-refractivity contribution >= 4 is 35.6 Å². The van der Waals surface area contributed by atoms with E-state index in [0.29, 0.717) is 17.4 Å². The van der Waals surface area contributed by atoms with E-state index in [1.165, 1.54) is 18.6 Å². The van der Waals surface area contributed by atoms with Crippen LogP contribution in [0.4, 0.5) is 5.69 Å². The van der Waals surface area contributed by atoms with Gasteiger partial charge >= 0.3 is 0 Å². The van der Waals surface area contributed by atoms with Gasteiger partial charge in [0.15, 0.2) is 0 Å². The molecule has 3 rings (SSSR count). The topological polar surface area (TPSA) is 98.3 Å². The summed E-state index contributed by atoms with van der Waals surface area (Å²) in [4.78, 5) is 22.7. The molecule has 0 spiro atoms. The number of nitro groups is 1. The van der Waals surface area contributed by atoms with E-state index < -0.39 is 4.92 Å². The summed E-state index contributed by atoms with van der Waals surface area (Å²) in [5.41, 5.74) is 6.65. The van der Waals surface area contributed by atoms with E-state index in [2.05, 4.69) is 5.32 Å². The van der Waals surface area contributed by atoms with Crippen molar-refractivity contribution in [3.8, 4) is 0 Å². The van der Waals surface area contributed by atoms with Crippen LogP contribution < -0.4 is 11.1 Å². The van der Waals surface area contributed by atoms with E-state index in [1.54, 1.807) is 6.07 Å². The minimum atomic E-state index is -0.498. The molecule has 0 heterocycles. The second kappa shape index (κ2) is 8.34. The standard InChI is InChI=1S/C17H22ClN3O3.ClH/c18-15-9-14(21(23)24)5-4-10(15)8-16(22)20-17-11-2-1-3-12(17)7-13(19)6-11;/h4-5,9,11-13,17H,1-3,6-8,19H2,(H,20,22);1H. The molecular weight excluding hydrogens is 365 g/mol. The molecule has 2 unspecified atom stereocenters. The molecule has 0 radical (unpaired) electrons. The van der Waals surface area contributed by atoms with Crippen LogP contribution in [0.25, 0.3) is 0 Å².